The molecule has 0 fully saturated rings. The molecule has 3 aromatic heterocycles. The molecule has 0 spiro atoms. The summed E-state index contributed by atoms with van der Waals surface area (Å²) >= 11 is 1.21. The van der Waals surface area contributed by atoms with Gasteiger partial charge in [-0.25, -0.2) is 9.29 Å². The van der Waals surface area contributed by atoms with Gasteiger partial charge >= 0.3 is 6.18 Å². The van der Waals surface area contributed by atoms with E-state index in [4.69, 9.17) is 5.11 Å². The zero-order valence-electron chi connectivity index (χ0n) is 19.9. The average Bonchev–Trinajstić information content (AvgIpc) is 3.37. The van der Waals surface area contributed by atoms with Crippen LogP contribution in [0.25, 0.3) is 11.5 Å². The average molecular weight is 524 g/mol. The predicted molar refractivity (Wildman–Crippen MR) is 131 cm³/mol. The van der Waals surface area contributed by atoms with Gasteiger partial charge in [-0.1, -0.05) is 18.0 Å². The van der Waals surface area contributed by atoms with Crippen LogP contribution in [0.2, 0.25) is 0 Å². The monoisotopic (exact) mass is 523 g/mol. The maximum atomic E-state index is 12.1. The first-order valence-corrected chi connectivity index (χ1v) is 12.2. The number of aldehydes is 1. The van der Waals surface area contributed by atoms with Crippen LogP contribution >= 0.6 is 11.9 Å². The zero-order valence-corrected chi connectivity index (χ0v) is 20.8. The van der Waals surface area contributed by atoms with Crippen molar-refractivity contribution in [3.05, 3.63) is 53.6 Å². The Bertz CT molecular complexity index is 1140. The summed E-state index contributed by atoms with van der Waals surface area (Å²) in [7, 11) is 1.81. The van der Waals surface area contributed by atoms with Gasteiger partial charge in [0, 0.05) is 32.1 Å². The number of hydrogen-bond donors (Lipinski definition) is 2. The van der Waals surface area contributed by atoms with Crippen molar-refractivity contribution in [3.8, 4) is 11.5 Å². The molecule has 1 aliphatic rings. The van der Waals surface area contributed by atoms with E-state index in [1.807, 2.05) is 41.0 Å². The number of alkyl halides is 3. The Labute approximate surface area is 211 Å². The largest absolute Gasteiger partial charge is 0.394 e. The Morgan fingerprint density at radius 1 is 1.31 bits per heavy atom. The molecule has 36 heavy (non-hydrogen) atoms. The van der Waals surface area contributed by atoms with Crippen LogP contribution in [0.4, 0.5) is 19.0 Å². The molecule has 4 heterocycles. The second-order valence-electron chi connectivity index (χ2n) is 8.06. The van der Waals surface area contributed by atoms with Crippen LogP contribution in [0.15, 0.2) is 36.8 Å². The van der Waals surface area contributed by atoms with E-state index < -0.39 is 12.6 Å². The number of aliphatic hydroxyl groups excluding tert-OH is 1. The SMILES string of the molecule is CNc1cccc(-c2nncn2C(C)CO)n1.O=Cc1cc2c(cn1)CCN(SCCC(F)(F)F)C2. The van der Waals surface area contributed by atoms with E-state index in [0.717, 1.165) is 29.1 Å². The van der Waals surface area contributed by atoms with Crippen molar-refractivity contribution in [2.24, 2.45) is 0 Å². The van der Waals surface area contributed by atoms with Gasteiger partial charge in [-0.15, -0.1) is 10.2 Å². The summed E-state index contributed by atoms with van der Waals surface area (Å²) in [5.74, 6) is 1.46. The first-order chi connectivity index (χ1) is 17.2. The number of carbonyl (C=O) groups is 1. The van der Waals surface area contributed by atoms with E-state index in [1.54, 1.807) is 18.6 Å². The third-order valence-electron chi connectivity index (χ3n) is 5.41. The quantitative estimate of drug-likeness (QED) is 0.337. The van der Waals surface area contributed by atoms with Gasteiger partial charge in [0.25, 0.3) is 0 Å². The first-order valence-electron chi connectivity index (χ1n) is 11.3. The van der Waals surface area contributed by atoms with Crippen LogP contribution in [0.3, 0.4) is 0 Å². The molecule has 0 amide bonds. The number of nitrogens with one attached hydrogen (secondary N) is 1. The molecule has 3 aromatic rings. The lowest BCUT2D eigenvalue weighted by Crippen LogP contribution is -2.26. The van der Waals surface area contributed by atoms with Crippen molar-refractivity contribution in [2.45, 2.75) is 38.5 Å². The van der Waals surface area contributed by atoms with Gasteiger partial charge in [0.2, 0.25) is 0 Å². The molecule has 0 radical (unpaired) electrons. The lowest BCUT2D eigenvalue weighted by molar-refractivity contribution is -0.129. The Hall–Kier alpha value is -3.03. The minimum atomic E-state index is -4.10. The van der Waals surface area contributed by atoms with Gasteiger partial charge in [0.15, 0.2) is 12.1 Å². The van der Waals surface area contributed by atoms with Gasteiger partial charge < -0.3 is 15.0 Å². The summed E-state index contributed by atoms with van der Waals surface area (Å²) in [5, 5.41) is 20.1. The van der Waals surface area contributed by atoms with Crippen LogP contribution < -0.4 is 5.32 Å². The van der Waals surface area contributed by atoms with Crippen molar-refractivity contribution in [1.82, 2.24) is 29.0 Å². The van der Waals surface area contributed by atoms with E-state index in [0.29, 0.717) is 30.9 Å². The van der Waals surface area contributed by atoms with Crippen molar-refractivity contribution < 1.29 is 23.1 Å². The smallest absolute Gasteiger partial charge is 0.389 e. The van der Waals surface area contributed by atoms with Crippen molar-refractivity contribution in [2.75, 3.05) is 31.3 Å². The summed E-state index contributed by atoms with van der Waals surface area (Å²) in [6.45, 7) is 3.20. The number of anilines is 1. The molecule has 1 atom stereocenters. The van der Waals surface area contributed by atoms with Gasteiger partial charge in [-0.05, 0) is 42.7 Å². The van der Waals surface area contributed by atoms with E-state index in [9.17, 15) is 18.0 Å². The molecule has 0 aromatic carbocycles. The van der Waals surface area contributed by atoms with Gasteiger partial charge in [-0.3, -0.25) is 9.78 Å². The molecule has 13 heteroatoms. The molecular formula is C23H28F3N7O2S. The van der Waals surface area contributed by atoms with Crippen LogP contribution in [0, 0.1) is 0 Å². The lowest BCUT2D eigenvalue weighted by Gasteiger charge is -2.27. The molecule has 9 nitrogen and oxygen atoms in total. The third kappa shape index (κ3) is 7.73. The lowest BCUT2D eigenvalue weighted by atomic mass is 10.0. The summed E-state index contributed by atoms with van der Waals surface area (Å²) in [6, 6.07) is 7.28. The van der Waals surface area contributed by atoms with Crippen LogP contribution in [0.1, 0.15) is 41.0 Å². The highest BCUT2D eigenvalue weighted by Crippen LogP contribution is 2.27. The molecule has 4 rings (SSSR count). The highest BCUT2D eigenvalue weighted by molar-refractivity contribution is 7.96. The number of rotatable bonds is 8. The molecule has 1 aliphatic heterocycles. The van der Waals surface area contributed by atoms with Gasteiger partial charge in [0.05, 0.1) is 19.1 Å². The van der Waals surface area contributed by atoms with E-state index in [2.05, 4.69) is 25.5 Å². The van der Waals surface area contributed by atoms with E-state index in [-0.39, 0.29) is 18.4 Å². The number of fused-ring (bicyclic) bond motifs is 1. The second kappa shape index (κ2) is 12.8. The predicted octanol–water partition coefficient (Wildman–Crippen LogP) is 3.79. The molecular weight excluding hydrogens is 495 g/mol. The minimum Gasteiger partial charge on any atom is -0.394 e. The molecule has 0 aliphatic carbocycles. The number of halogens is 3. The number of aromatic nitrogens is 5. The molecule has 0 bridgehead atoms. The summed E-state index contributed by atoms with van der Waals surface area (Å²) in [6.07, 6.45) is -0.177. The maximum Gasteiger partial charge on any atom is 0.389 e. The fraction of sp³-hybridized carbons (Fsp3) is 0.435. The Morgan fingerprint density at radius 2 is 2.11 bits per heavy atom. The molecule has 2 N–H and O–H groups in total. The van der Waals surface area contributed by atoms with Gasteiger partial charge in [-0.2, -0.15) is 13.2 Å². The summed E-state index contributed by atoms with van der Waals surface area (Å²) in [4.78, 5) is 19.0. The molecule has 194 valence electrons. The highest BCUT2D eigenvalue weighted by Gasteiger charge is 2.27. The number of pyridine rings is 2. The minimum absolute atomic E-state index is 0.0322. The van der Waals surface area contributed by atoms with Crippen molar-refractivity contribution in [1.29, 1.82) is 0 Å². The number of carbonyl (C=O) groups excluding carboxylic acids is 1. The molecule has 1 unspecified atom stereocenters. The van der Waals surface area contributed by atoms with Crippen molar-refractivity contribution in [3.63, 3.8) is 0 Å². The standard InChI is InChI=1S/C12H13F3N2OS.C11H15N5O/c13-12(14,15)2-4-19-17-3-1-9-6-16-11(8-18)5-10(9)7-17;1-8(6-17)16-7-13-15-11(16)9-4-3-5-10(12-2)14-9/h5-6,8H,1-4,7H2;3-5,7-8,17H,6H2,1-2H3,(H,12,14). The van der Waals surface area contributed by atoms with E-state index >= 15 is 0 Å². The summed E-state index contributed by atoms with van der Waals surface area (Å²) < 4.78 is 39.9. The second-order valence-corrected chi connectivity index (χ2v) is 9.24. The summed E-state index contributed by atoms with van der Waals surface area (Å²) in [5.41, 5.74) is 3.14. The fourth-order valence-electron chi connectivity index (χ4n) is 3.43. The van der Waals surface area contributed by atoms with Crippen LogP contribution in [-0.4, -0.2) is 72.6 Å². The van der Waals surface area contributed by atoms with Crippen LogP contribution in [-0.2, 0) is 13.0 Å². The molecule has 0 saturated carbocycles. The molecule has 0 saturated heterocycles. The number of hydrogen-bond acceptors (Lipinski definition) is 9. The zero-order chi connectivity index (χ0) is 26.1. The Balaban J connectivity index is 0.000000202. The topological polar surface area (TPSA) is 109 Å². The van der Waals surface area contributed by atoms with Crippen LogP contribution in [0.5, 0.6) is 0 Å². The Kier molecular flexibility index (Phi) is 9.79. The normalized spacial score (nSPS) is 14.4. The number of aliphatic hydroxyl groups is 1. The van der Waals surface area contributed by atoms with Crippen molar-refractivity contribution >= 4 is 24.1 Å². The highest BCUT2D eigenvalue weighted by atomic mass is 32.2. The van der Waals surface area contributed by atoms with Gasteiger partial charge in [0.1, 0.15) is 23.5 Å². The first kappa shape index (κ1) is 27.6. The fourth-order valence-corrected chi connectivity index (χ4v) is 4.46. The maximum absolute atomic E-state index is 12.1. The van der Waals surface area contributed by atoms with E-state index in [1.165, 1.54) is 11.9 Å². The Morgan fingerprint density at radius 3 is 2.81 bits per heavy atom. The number of nitrogens with zero attached hydrogens (tertiary/aromatic N) is 6. The third-order valence-corrected chi connectivity index (χ3v) is 6.47.